The van der Waals surface area contributed by atoms with Crippen LogP contribution in [0.1, 0.15) is 38.5 Å². The molecule has 0 aromatic rings. The number of hydrogen-bond donors (Lipinski definition) is 26. The maximum atomic E-state index is 12.0. The first-order valence-corrected chi connectivity index (χ1v) is 30.3. The minimum atomic E-state index is -2.08. The lowest BCUT2D eigenvalue weighted by atomic mass is 9.77. The molecule has 520 valence electrons. The third-order valence-corrected chi connectivity index (χ3v) is 19.8. The van der Waals surface area contributed by atoms with Crippen molar-refractivity contribution in [2.45, 2.75) is 246 Å². The highest BCUT2D eigenvalue weighted by Gasteiger charge is 2.59. The number of aliphatic hydroxyl groups excluding tert-OH is 26. The lowest BCUT2D eigenvalue weighted by Gasteiger charge is -2.51. The van der Waals surface area contributed by atoms with Gasteiger partial charge < -0.3 is 175 Å². The Hall–Kier alpha value is -1.40. The van der Waals surface area contributed by atoms with Gasteiger partial charge in [-0.3, -0.25) is 0 Å². The summed E-state index contributed by atoms with van der Waals surface area (Å²) in [5.74, 6) is -6.95. The summed E-state index contributed by atoms with van der Waals surface area (Å²) in [6, 6.07) is 0. The minimum Gasteiger partial charge on any atom is -0.396 e. The monoisotopic (exact) mass is 1300 g/mol. The van der Waals surface area contributed by atoms with Crippen LogP contribution in [-0.2, 0) is 42.6 Å². The molecule has 0 spiro atoms. The van der Waals surface area contributed by atoms with Crippen molar-refractivity contribution in [2.24, 2.45) is 35.5 Å². The number of rotatable bonds is 22. The second-order valence-corrected chi connectivity index (χ2v) is 25.3. The number of ether oxygens (including phenoxy) is 9. The van der Waals surface area contributed by atoms with E-state index in [0.29, 0.717) is 0 Å². The minimum absolute atomic E-state index is 0.252. The van der Waals surface area contributed by atoms with Crippen molar-refractivity contribution in [2.75, 3.05) is 52.9 Å². The maximum absolute atomic E-state index is 12.0. The van der Waals surface area contributed by atoms with E-state index in [-0.39, 0.29) is 19.3 Å². The van der Waals surface area contributed by atoms with Gasteiger partial charge in [-0.05, 0) is 38.5 Å². The van der Waals surface area contributed by atoms with Crippen molar-refractivity contribution in [3.05, 3.63) is 0 Å². The molecule has 26 N–H and O–H groups in total. The predicted octanol–water partition coefficient (Wildman–Crippen LogP) is -14.5. The molecule has 0 aromatic carbocycles. The molecule has 6 aliphatic carbocycles. The molecule has 6 saturated carbocycles. The van der Waals surface area contributed by atoms with Gasteiger partial charge in [0.2, 0.25) is 0 Å². The summed E-state index contributed by atoms with van der Waals surface area (Å²) in [5, 5.41) is 285. The summed E-state index contributed by atoms with van der Waals surface area (Å²) in [6.07, 6.45) is -62.6. The second-order valence-electron chi connectivity index (χ2n) is 25.3. The Morgan fingerprint density at radius 2 is 0.483 bits per heavy atom. The Bertz CT molecular complexity index is 2130. The molecule has 0 radical (unpaired) electrons. The van der Waals surface area contributed by atoms with E-state index in [2.05, 4.69) is 0 Å². The third kappa shape index (κ3) is 15.1. The molecule has 8 aliphatic rings. The van der Waals surface area contributed by atoms with E-state index in [1.165, 1.54) is 0 Å². The van der Waals surface area contributed by atoms with Gasteiger partial charge in [0.25, 0.3) is 0 Å². The molecule has 2 heterocycles. The normalized spacial score (nSPS) is 53.6. The van der Waals surface area contributed by atoms with Gasteiger partial charge in [0.05, 0.1) is 86.5 Å². The van der Waals surface area contributed by atoms with Gasteiger partial charge in [0.15, 0.2) is 12.6 Å². The molecule has 8 rings (SSSR count). The second kappa shape index (κ2) is 31.6. The van der Waals surface area contributed by atoms with E-state index in [9.17, 15) is 133 Å². The molecular weight excluding hydrogens is 1210 g/mol. The molecule has 2 aliphatic heterocycles. The summed E-state index contributed by atoms with van der Waals surface area (Å²) >= 11 is 0. The molecule has 0 aromatic heterocycles. The Labute approximate surface area is 509 Å². The molecule has 40 atom stereocenters. The van der Waals surface area contributed by atoms with Gasteiger partial charge in [0, 0.05) is 75.1 Å². The molecule has 0 bridgehead atoms. The van der Waals surface area contributed by atoms with Crippen LogP contribution >= 0.6 is 0 Å². The highest BCUT2D eigenvalue weighted by atomic mass is 16.7. The van der Waals surface area contributed by atoms with E-state index in [0.717, 1.165) is 0 Å². The fourth-order valence-electron chi connectivity index (χ4n) is 14.2. The lowest BCUT2D eigenvalue weighted by molar-refractivity contribution is -0.363. The fraction of sp³-hybridized carbons (Fsp3) is 1.00. The van der Waals surface area contributed by atoms with Crippen LogP contribution in [0.15, 0.2) is 0 Å². The summed E-state index contributed by atoms with van der Waals surface area (Å²) in [7, 11) is 0. The van der Waals surface area contributed by atoms with Gasteiger partial charge in [-0.2, -0.15) is 0 Å². The largest absolute Gasteiger partial charge is 0.396 e. The predicted molar refractivity (Wildman–Crippen MR) is 284 cm³/mol. The smallest absolute Gasteiger partial charge is 0.187 e. The Kier molecular flexibility index (Phi) is 26.1. The van der Waals surface area contributed by atoms with Crippen LogP contribution in [-0.4, -0.2) is 394 Å². The Balaban J connectivity index is 0.965. The molecule has 0 amide bonds. The standard InChI is InChI=1S/C54H94O35/c55-7-15-1-21(35(69)42(76)29(15)63)81-47-30(64)16(8-56)2-22(36(47)70)82-48-31(65)17(9-57)3-23(37(48)71)83-49-32(66)18(10-58)4-24(38(49)72)84-50-33(67)19(11-59)5-25(39(50)73)85-51-34(68)20(12-60)6-26(40(51)74)86-52-41(75)27(13-61)88-54(45(52)79)89-46-28(14-62)87-53(80)44(78)43(46)77/h15-80H,1-14H2/t15?,16?,17?,18?,19?,20?,21-,22-,23-,24-,25-,26-,27?,28?,29+,30+,31+,32+,33+,34+,35?,36?,37?,38?,39?,40?,41+,42+,43-,44?,45?,46-,47+,48+,49+,50+,51+,52+,53-,54+/m1/s1. The van der Waals surface area contributed by atoms with Gasteiger partial charge in [0.1, 0.15) is 122 Å². The van der Waals surface area contributed by atoms with Crippen LogP contribution in [0.5, 0.6) is 0 Å². The Morgan fingerprint density at radius 3 is 0.764 bits per heavy atom. The van der Waals surface area contributed by atoms with Crippen LogP contribution in [0, 0.1) is 35.5 Å². The summed E-state index contributed by atoms with van der Waals surface area (Å²) in [5.41, 5.74) is 0. The lowest BCUT2D eigenvalue weighted by Crippen LogP contribution is -2.66. The van der Waals surface area contributed by atoms with Crippen molar-refractivity contribution >= 4 is 0 Å². The van der Waals surface area contributed by atoms with E-state index in [4.69, 9.17) is 42.6 Å². The topological polar surface area (TPSA) is 609 Å². The highest BCUT2D eigenvalue weighted by molar-refractivity contribution is 5.06. The molecule has 35 nitrogen and oxygen atoms in total. The first kappa shape index (κ1) is 73.4. The first-order valence-electron chi connectivity index (χ1n) is 30.3. The van der Waals surface area contributed by atoms with Gasteiger partial charge in [-0.25, -0.2) is 0 Å². The third-order valence-electron chi connectivity index (χ3n) is 19.8. The summed E-state index contributed by atoms with van der Waals surface area (Å²) < 4.78 is 53.1. The van der Waals surface area contributed by atoms with Crippen molar-refractivity contribution in [1.82, 2.24) is 0 Å². The molecular formula is C54H94O35. The van der Waals surface area contributed by atoms with Gasteiger partial charge in [-0.1, -0.05) is 0 Å². The van der Waals surface area contributed by atoms with E-state index < -0.39 is 316 Å². The fourth-order valence-corrected chi connectivity index (χ4v) is 14.2. The summed E-state index contributed by atoms with van der Waals surface area (Å²) in [4.78, 5) is 0. The average molecular weight is 1300 g/mol. The van der Waals surface area contributed by atoms with Crippen molar-refractivity contribution in [3.63, 3.8) is 0 Å². The zero-order valence-corrected chi connectivity index (χ0v) is 48.3. The zero-order chi connectivity index (χ0) is 65.4. The van der Waals surface area contributed by atoms with E-state index >= 15 is 0 Å². The van der Waals surface area contributed by atoms with Crippen molar-refractivity contribution in [1.29, 1.82) is 0 Å². The number of aliphatic hydroxyl groups is 26. The first-order chi connectivity index (χ1) is 42.2. The van der Waals surface area contributed by atoms with Crippen LogP contribution in [0.2, 0.25) is 0 Å². The molecule has 2 saturated heterocycles. The van der Waals surface area contributed by atoms with Crippen LogP contribution in [0.25, 0.3) is 0 Å². The molecule has 16 unspecified atom stereocenters. The van der Waals surface area contributed by atoms with E-state index in [1.807, 2.05) is 0 Å². The van der Waals surface area contributed by atoms with Crippen molar-refractivity contribution < 1.29 is 175 Å². The van der Waals surface area contributed by atoms with Gasteiger partial charge in [-0.15, -0.1) is 0 Å². The zero-order valence-electron chi connectivity index (χ0n) is 48.3. The van der Waals surface area contributed by atoms with Crippen LogP contribution < -0.4 is 0 Å². The Morgan fingerprint density at radius 1 is 0.213 bits per heavy atom. The SMILES string of the molecule is OCC1O[C@@H](O)C(O)[C@@H](O)[C@@H]1O[C@@H]1OC(CO)[C@H](O)[C@H](O[C@@H]2CC(CO)[C@H](O)[C@H](O[C@@H]3CC(CO)[C@H](O)[C@H](O[C@@H]4CC(CO)[C@H](O)[C@H](O[C@@H]5CC(CO)[C@H](O)[C@H](O[C@@H]6CC(CO)[C@H](O)[C@H](O[C@@H]7CC(CO)[C@H](O)[C@H](O)C7O)C6O)C5O)C4O)C3O)C2O)C1O. The van der Waals surface area contributed by atoms with Gasteiger partial charge >= 0.3 is 0 Å². The van der Waals surface area contributed by atoms with E-state index in [1.54, 1.807) is 0 Å². The number of hydrogen-bond acceptors (Lipinski definition) is 35. The average Bonchev–Trinajstić information content (AvgIpc) is 1.57. The molecule has 35 heteroatoms. The van der Waals surface area contributed by atoms with Crippen LogP contribution in [0.3, 0.4) is 0 Å². The maximum Gasteiger partial charge on any atom is 0.187 e. The summed E-state index contributed by atoms with van der Waals surface area (Å²) in [6.45, 7) is -6.37. The highest BCUT2D eigenvalue weighted by Crippen LogP contribution is 2.43. The van der Waals surface area contributed by atoms with Crippen LogP contribution in [0.4, 0.5) is 0 Å². The molecule has 89 heavy (non-hydrogen) atoms. The molecule has 8 fully saturated rings. The quantitative estimate of drug-likeness (QED) is 0.0479. The van der Waals surface area contributed by atoms with Crippen molar-refractivity contribution in [3.8, 4) is 0 Å².